The number of hydrogen-bond acceptors (Lipinski definition) is 6. The first-order valence-corrected chi connectivity index (χ1v) is 8.79. The van der Waals surface area contributed by atoms with E-state index in [0.717, 1.165) is 34.5 Å². The second kappa shape index (κ2) is 5.53. The molecule has 0 aliphatic carbocycles. The van der Waals surface area contributed by atoms with Gasteiger partial charge in [-0.05, 0) is 11.5 Å². The molecule has 0 radical (unpaired) electrons. The van der Waals surface area contributed by atoms with Gasteiger partial charge in [0, 0.05) is 42.8 Å². The molecule has 2 N–H and O–H groups in total. The van der Waals surface area contributed by atoms with Gasteiger partial charge in [0.05, 0.1) is 9.92 Å². The van der Waals surface area contributed by atoms with Crippen LogP contribution in [0.25, 0.3) is 5.65 Å². The van der Waals surface area contributed by atoms with Crippen LogP contribution >= 0.6 is 23.4 Å². The lowest BCUT2D eigenvalue weighted by atomic mass is 9.85. The Labute approximate surface area is 149 Å². The maximum absolute atomic E-state index is 6.25. The van der Waals surface area contributed by atoms with Crippen molar-refractivity contribution in [2.45, 2.75) is 23.6 Å². The van der Waals surface area contributed by atoms with Gasteiger partial charge < -0.3 is 10.6 Å². The number of hydrogen-bond donors (Lipinski definition) is 1. The molecule has 124 valence electrons. The van der Waals surface area contributed by atoms with Crippen molar-refractivity contribution in [2.75, 3.05) is 23.7 Å². The van der Waals surface area contributed by atoms with E-state index in [1.165, 1.54) is 11.8 Å². The Kier molecular flexibility index (Phi) is 3.58. The number of halogens is 1. The first kappa shape index (κ1) is 15.5. The molecule has 3 aromatic rings. The molecule has 0 amide bonds. The van der Waals surface area contributed by atoms with Crippen molar-refractivity contribution >= 4 is 40.8 Å². The number of nitrogens with zero attached hydrogens (tertiary/aromatic N) is 5. The molecule has 1 fully saturated rings. The molecule has 1 saturated heterocycles. The predicted molar refractivity (Wildman–Crippen MR) is 96.8 cm³/mol. The van der Waals surface area contributed by atoms with E-state index in [9.17, 15) is 0 Å². The van der Waals surface area contributed by atoms with Crippen LogP contribution in [0.2, 0.25) is 5.02 Å². The lowest BCUT2D eigenvalue weighted by molar-refractivity contribution is 0.272. The quantitative estimate of drug-likeness (QED) is 0.772. The second-order valence-electron chi connectivity index (χ2n) is 6.67. The average Bonchev–Trinajstić information content (AvgIpc) is 2.99. The molecule has 3 aromatic heterocycles. The third-order valence-corrected chi connectivity index (χ3v) is 5.57. The Morgan fingerprint density at radius 3 is 2.71 bits per heavy atom. The van der Waals surface area contributed by atoms with Crippen molar-refractivity contribution in [3.8, 4) is 0 Å². The van der Waals surface area contributed by atoms with Crippen LogP contribution < -0.4 is 10.6 Å². The van der Waals surface area contributed by atoms with Crippen molar-refractivity contribution in [1.29, 1.82) is 0 Å². The number of imidazole rings is 1. The minimum atomic E-state index is 0.327. The molecule has 6 nitrogen and oxygen atoms in total. The van der Waals surface area contributed by atoms with Gasteiger partial charge in [0.2, 0.25) is 5.95 Å². The first-order valence-electron chi connectivity index (χ1n) is 7.59. The molecule has 1 aliphatic heterocycles. The summed E-state index contributed by atoms with van der Waals surface area (Å²) in [5, 5.41) is 0.459. The fraction of sp³-hybridized carbons (Fsp3) is 0.312. The van der Waals surface area contributed by atoms with Crippen LogP contribution in [0.5, 0.6) is 0 Å². The molecule has 0 unspecified atom stereocenters. The van der Waals surface area contributed by atoms with Crippen LogP contribution in [-0.4, -0.2) is 32.4 Å². The summed E-state index contributed by atoms with van der Waals surface area (Å²) >= 11 is 7.74. The van der Waals surface area contributed by atoms with Crippen molar-refractivity contribution in [3.05, 3.63) is 35.9 Å². The molecule has 0 saturated carbocycles. The number of fused-ring (bicyclic) bond motifs is 1. The van der Waals surface area contributed by atoms with E-state index in [0.29, 0.717) is 16.3 Å². The molecule has 0 spiro atoms. The highest BCUT2D eigenvalue weighted by atomic mass is 35.5. The van der Waals surface area contributed by atoms with Crippen LogP contribution in [0.1, 0.15) is 13.8 Å². The number of rotatable bonds is 3. The molecule has 8 heteroatoms. The van der Waals surface area contributed by atoms with Crippen molar-refractivity contribution in [3.63, 3.8) is 0 Å². The van der Waals surface area contributed by atoms with Crippen molar-refractivity contribution in [1.82, 2.24) is 19.4 Å². The van der Waals surface area contributed by atoms with Gasteiger partial charge in [-0.3, -0.25) is 4.40 Å². The average molecular weight is 361 g/mol. The van der Waals surface area contributed by atoms with Gasteiger partial charge in [0.25, 0.3) is 0 Å². The summed E-state index contributed by atoms with van der Waals surface area (Å²) in [5.74, 6) is 1.25. The van der Waals surface area contributed by atoms with E-state index in [1.54, 1.807) is 12.4 Å². The zero-order valence-corrected chi connectivity index (χ0v) is 15.0. The Morgan fingerprint density at radius 1 is 1.17 bits per heavy atom. The first-order chi connectivity index (χ1) is 11.4. The van der Waals surface area contributed by atoms with E-state index in [-0.39, 0.29) is 0 Å². The van der Waals surface area contributed by atoms with Crippen molar-refractivity contribution < 1.29 is 0 Å². The van der Waals surface area contributed by atoms with E-state index < -0.39 is 0 Å². The molecule has 0 atom stereocenters. The zero-order valence-electron chi connectivity index (χ0n) is 13.4. The molecular formula is C16H17ClN6S. The normalized spacial score (nSPS) is 16.4. The molecule has 0 aromatic carbocycles. The van der Waals surface area contributed by atoms with Crippen LogP contribution in [0.4, 0.5) is 11.8 Å². The van der Waals surface area contributed by atoms with Gasteiger partial charge in [0.15, 0.2) is 5.65 Å². The summed E-state index contributed by atoms with van der Waals surface area (Å²) in [6, 6.07) is 1.84. The minimum absolute atomic E-state index is 0.327. The van der Waals surface area contributed by atoms with Gasteiger partial charge >= 0.3 is 0 Å². The van der Waals surface area contributed by atoms with Crippen LogP contribution in [0.3, 0.4) is 0 Å². The fourth-order valence-electron chi connectivity index (χ4n) is 2.96. The zero-order chi connectivity index (χ0) is 16.9. The number of nitrogens with two attached hydrogens (primary N) is 1. The summed E-state index contributed by atoms with van der Waals surface area (Å²) in [7, 11) is 0. The fourth-order valence-corrected chi connectivity index (χ4v) is 4.09. The van der Waals surface area contributed by atoms with Crippen LogP contribution in [0.15, 0.2) is 40.6 Å². The molecule has 0 bridgehead atoms. The highest BCUT2D eigenvalue weighted by Crippen LogP contribution is 2.38. The highest BCUT2D eigenvalue weighted by molar-refractivity contribution is 7.99. The summed E-state index contributed by atoms with van der Waals surface area (Å²) in [5.41, 5.74) is 6.98. The van der Waals surface area contributed by atoms with Gasteiger partial charge in [-0.2, -0.15) is 0 Å². The third-order valence-electron chi connectivity index (χ3n) is 4.00. The molecule has 4 rings (SSSR count). The monoisotopic (exact) mass is 360 g/mol. The minimum Gasteiger partial charge on any atom is -0.382 e. The van der Waals surface area contributed by atoms with Gasteiger partial charge in [-0.1, -0.05) is 37.2 Å². The summed E-state index contributed by atoms with van der Waals surface area (Å²) in [6.45, 7) is 6.50. The number of anilines is 2. The number of pyridine rings is 1. The van der Waals surface area contributed by atoms with Gasteiger partial charge in [-0.25, -0.2) is 15.0 Å². The smallest absolute Gasteiger partial charge is 0.211 e. The maximum Gasteiger partial charge on any atom is 0.211 e. The summed E-state index contributed by atoms with van der Waals surface area (Å²) in [4.78, 5) is 17.2. The molecule has 1 aliphatic rings. The van der Waals surface area contributed by atoms with Crippen molar-refractivity contribution in [2.24, 2.45) is 5.41 Å². The molecule has 4 heterocycles. The van der Waals surface area contributed by atoms with Gasteiger partial charge in [-0.15, -0.1) is 0 Å². The summed E-state index contributed by atoms with van der Waals surface area (Å²) < 4.78 is 2.02. The lowest BCUT2D eigenvalue weighted by Crippen LogP contribution is -2.54. The Bertz CT molecular complexity index is 914. The topological polar surface area (TPSA) is 72.3 Å². The Balaban J connectivity index is 1.71. The van der Waals surface area contributed by atoms with Crippen LogP contribution in [0, 0.1) is 5.41 Å². The standard InChI is InChI=1S/C16H17ClN6S/c1-16(2)8-22(9-16)15-21-7-11(14-20-5-6-23(14)15)24-10-3-4-19-13(18)12(10)17/h3-7H,8-9H2,1-2H3,(H2,18,19). The van der Waals surface area contributed by atoms with E-state index in [1.807, 2.05) is 22.9 Å². The Hall–Kier alpha value is -1.99. The SMILES string of the molecule is CC1(C)CN(c2ncc(Sc3ccnc(N)c3Cl)c3nccn23)C1. The number of nitrogen functional groups attached to an aromatic ring is 1. The second-order valence-corrected chi connectivity index (χ2v) is 8.14. The maximum atomic E-state index is 6.25. The van der Waals surface area contributed by atoms with E-state index in [2.05, 4.69) is 33.7 Å². The van der Waals surface area contributed by atoms with E-state index in [4.69, 9.17) is 17.3 Å². The van der Waals surface area contributed by atoms with Gasteiger partial charge in [0.1, 0.15) is 5.82 Å². The molecule has 24 heavy (non-hydrogen) atoms. The lowest BCUT2D eigenvalue weighted by Gasteiger charge is -2.46. The van der Waals surface area contributed by atoms with E-state index >= 15 is 0 Å². The highest BCUT2D eigenvalue weighted by Gasteiger charge is 2.36. The number of aromatic nitrogens is 4. The predicted octanol–water partition coefficient (Wildman–Crippen LogP) is 3.36. The largest absolute Gasteiger partial charge is 0.382 e. The molecular weight excluding hydrogens is 344 g/mol. The Morgan fingerprint density at radius 2 is 1.96 bits per heavy atom. The van der Waals surface area contributed by atoms with Crippen LogP contribution in [-0.2, 0) is 0 Å². The summed E-state index contributed by atoms with van der Waals surface area (Å²) in [6.07, 6.45) is 7.23. The third kappa shape index (κ3) is 2.57.